The van der Waals surface area contributed by atoms with E-state index in [1.807, 2.05) is 12.1 Å². The van der Waals surface area contributed by atoms with E-state index in [-0.39, 0.29) is 12.2 Å². The number of nitrogens with zero attached hydrogens (tertiary/aromatic N) is 2. The number of rotatable bonds is 6. The van der Waals surface area contributed by atoms with Crippen LogP contribution in [0, 0.1) is 11.3 Å². The Morgan fingerprint density at radius 1 is 1.56 bits per heavy atom. The van der Waals surface area contributed by atoms with Crippen molar-refractivity contribution >= 4 is 5.97 Å². The van der Waals surface area contributed by atoms with Gasteiger partial charge in [0.15, 0.2) is 5.57 Å². The normalized spacial score (nSPS) is 10.6. The van der Waals surface area contributed by atoms with Gasteiger partial charge in [-0.05, 0) is 31.0 Å². The third-order valence-electron chi connectivity index (χ3n) is 2.17. The van der Waals surface area contributed by atoms with E-state index < -0.39 is 5.97 Å². The highest BCUT2D eigenvalue weighted by Gasteiger charge is 2.08. The van der Waals surface area contributed by atoms with Gasteiger partial charge in [-0.15, -0.1) is 0 Å². The molecule has 0 saturated heterocycles. The van der Waals surface area contributed by atoms with Crippen LogP contribution in [0.4, 0.5) is 0 Å². The standard InChI is InChI=1S/C13H15N3O2/c1-2-18-13(17)12(9-14)10-16-8-5-11-3-6-15-7-4-11/h3-4,6-7,10,16H,2,5,8H2,1H3. The summed E-state index contributed by atoms with van der Waals surface area (Å²) in [4.78, 5) is 15.2. The molecule has 0 amide bonds. The van der Waals surface area contributed by atoms with E-state index in [2.05, 4.69) is 10.3 Å². The third kappa shape index (κ3) is 4.66. The molecule has 0 fully saturated rings. The first-order valence-corrected chi connectivity index (χ1v) is 5.67. The highest BCUT2D eigenvalue weighted by atomic mass is 16.5. The van der Waals surface area contributed by atoms with E-state index in [0.717, 1.165) is 12.0 Å². The predicted octanol–water partition coefficient (Wildman–Crippen LogP) is 1.18. The van der Waals surface area contributed by atoms with Gasteiger partial charge in [0.25, 0.3) is 0 Å². The minimum absolute atomic E-state index is 0.0217. The fourth-order valence-corrected chi connectivity index (χ4v) is 1.29. The average molecular weight is 245 g/mol. The van der Waals surface area contributed by atoms with E-state index in [1.54, 1.807) is 25.4 Å². The molecular formula is C13H15N3O2. The molecule has 0 atom stereocenters. The molecule has 5 nitrogen and oxygen atoms in total. The lowest BCUT2D eigenvalue weighted by Gasteiger charge is -2.03. The first-order valence-electron chi connectivity index (χ1n) is 5.67. The number of nitriles is 1. The Kier molecular flexibility index (Phi) is 5.98. The van der Waals surface area contributed by atoms with Crippen LogP contribution in [0.25, 0.3) is 0 Å². The number of esters is 1. The van der Waals surface area contributed by atoms with Gasteiger partial charge in [-0.2, -0.15) is 5.26 Å². The number of hydrogen-bond acceptors (Lipinski definition) is 5. The number of aromatic nitrogens is 1. The van der Waals surface area contributed by atoms with Crippen molar-refractivity contribution in [3.8, 4) is 6.07 Å². The van der Waals surface area contributed by atoms with Gasteiger partial charge in [-0.3, -0.25) is 4.98 Å². The van der Waals surface area contributed by atoms with Crippen molar-refractivity contribution in [1.29, 1.82) is 5.26 Å². The van der Waals surface area contributed by atoms with Gasteiger partial charge >= 0.3 is 5.97 Å². The summed E-state index contributed by atoms with van der Waals surface area (Å²) < 4.78 is 4.73. The Bertz CT molecular complexity index is 449. The maximum absolute atomic E-state index is 11.3. The van der Waals surface area contributed by atoms with Crippen molar-refractivity contribution in [3.63, 3.8) is 0 Å². The maximum atomic E-state index is 11.3. The predicted molar refractivity (Wildman–Crippen MR) is 66.3 cm³/mol. The number of ether oxygens (including phenoxy) is 1. The summed E-state index contributed by atoms with van der Waals surface area (Å²) in [6.07, 6.45) is 5.63. The summed E-state index contributed by atoms with van der Waals surface area (Å²) in [5, 5.41) is 11.7. The molecule has 0 saturated carbocycles. The number of carbonyl (C=O) groups excluding carboxylic acids is 1. The Labute approximate surface area is 106 Å². The van der Waals surface area contributed by atoms with Crippen molar-refractivity contribution in [3.05, 3.63) is 41.9 Å². The molecule has 1 N–H and O–H groups in total. The number of hydrogen-bond donors (Lipinski definition) is 1. The molecule has 0 aliphatic carbocycles. The lowest BCUT2D eigenvalue weighted by atomic mass is 10.2. The summed E-state index contributed by atoms with van der Waals surface area (Å²) in [6.45, 7) is 2.59. The summed E-state index contributed by atoms with van der Waals surface area (Å²) in [5.74, 6) is -0.601. The fourth-order valence-electron chi connectivity index (χ4n) is 1.29. The minimum atomic E-state index is -0.601. The lowest BCUT2D eigenvalue weighted by molar-refractivity contribution is -0.138. The van der Waals surface area contributed by atoms with Crippen LogP contribution < -0.4 is 5.32 Å². The molecule has 0 aromatic carbocycles. The molecule has 1 rings (SSSR count). The van der Waals surface area contributed by atoms with Crippen molar-refractivity contribution in [1.82, 2.24) is 10.3 Å². The zero-order valence-corrected chi connectivity index (χ0v) is 10.2. The largest absolute Gasteiger partial charge is 0.462 e. The fraction of sp³-hybridized carbons (Fsp3) is 0.308. The Morgan fingerprint density at radius 3 is 2.89 bits per heavy atom. The average Bonchev–Trinajstić information content (AvgIpc) is 2.40. The highest BCUT2D eigenvalue weighted by molar-refractivity contribution is 5.92. The molecule has 1 heterocycles. The van der Waals surface area contributed by atoms with E-state index >= 15 is 0 Å². The molecule has 0 aliphatic rings. The zero-order chi connectivity index (χ0) is 13.2. The molecule has 5 heteroatoms. The van der Waals surface area contributed by atoms with Crippen molar-refractivity contribution in [2.24, 2.45) is 0 Å². The first kappa shape index (κ1) is 13.7. The van der Waals surface area contributed by atoms with Crippen LogP contribution in [0.1, 0.15) is 12.5 Å². The Balaban J connectivity index is 2.39. The molecule has 0 spiro atoms. The molecule has 0 aliphatic heterocycles. The molecule has 18 heavy (non-hydrogen) atoms. The second kappa shape index (κ2) is 7.85. The van der Waals surface area contributed by atoms with E-state index in [9.17, 15) is 4.79 Å². The van der Waals surface area contributed by atoms with E-state index in [4.69, 9.17) is 10.00 Å². The molecule has 0 unspecified atom stereocenters. The van der Waals surface area contributed by atoms with Gasteiger partial charge in [0.1, 0.15) is 6.07 Å². The molecule has 1 aromatic rings. The molecule has 94 valence electrons. The van der Waals surface area contributed by atoms with Gasteiger partial charge in [0, 0.05) is 25.1 Å². The number of carbonyl (C=O) groups is 1. The Morgan fingerprint density at radius 2 is 2.28 bits per heavy atom. The second-order valence-corrected chi connectivity index (χ2v) is 3.45. The Hall–Kier alpha value is -2.35. The number of pyridine rings is 1. The third-order valence-corrected chi connectivity index (χ3v) is 2.17. The van der Waals surface area contributed by atoms with Crippen molar-refractivity contribution in [2.45, 2.75) is 13.3 Å². The van der Waals surface area contributed by atoms with Gasteiger partial charge in [-0.25, -0.2) is 4.79 Å². The van der Waals surface area contributed by atoms with Crippen molar-refractivity contribution in [2.75, 3.05) is 13.2 Å². The molecule has 0 radical (unpaired) electrons. The quantitative estimate of drug-likeness (QED) is 0.352. The van der Waals surface area contributed by atoms with E-state index in [1.165, 1.54) is 6.20 Å². The van der Waals surface area contributed by atoms with Crippen molar-refractivity contribution < 1.29 is 9.53 Å². The van der Waals surface area contributed by atoms with Gasteiger partial charge in [0.2, 0.25) is 0 Å². The lowest BCUT2D eigenvalue weighted by Crippen LogP contribution is -2.14. The van der Waals surface area contributed by atoms with Gasteiger partial charge in [-0.1, -0.05) is 0 Å². The van der Waals surface area contributed by atoms with Crippen LogP contribution in [0.15, 0.2) is 36.3 Å². The molecule has 0 bridgehead atoms. The smallest absolute Gasteiger partial charge is 0.350 e. The second-order valence-electron chi connectivity index (χ2n) is 3.45. The topological polar surface area (TPSA) is 75.0 Å². The summed E-state index contributed by atoms with van der Waals surface area (Å²) in [7, 11) is 0. The van der Waals surface area contributed by atoms with Crippen LogP contribution in [0.5, 0.6) is 0 Å². The van der Waals surface area contributed by atoms with Gasteiger partial charge in [0.05, 0.1) is 6.61 Å². The first-order chi connectivity index (χ1) is 8.77. The van der Waals surface area contributed by atoms with Crippen LogP contribution in [-0.4, -0.2) is 24.1 Å². The molecule has 1 aromatic heterocycles. The monoisotopic (exact) mass is 245 g/mol. The minimum Gasteiger partial charge on any atom is -0.462 e. The number of nitrogens with one attached hydrogen (secondary N) is 1. The van der Waals surface area contributed by atoms with Crippen LogP contribution in [0.2, 0.25) is 0 Å². The SMILES string of the molecule is CCOC(=O)C(C#N)=CNCCc1ccncc1. The van der Waals surface area contributed by atoms with Crippen LogP contribution in [0.3, 0.4) is 0 Å². The molecular weight excluding hydrogens is 230 g/mol. The van der Waals surface area contributed by atoms with E-state index in [0.29, 0.717) is 6.54 Å². The van der Waals surface area contributed by atoms with Crippen LogP contribution >= 0.6 is 0 Å². The van der Waals surface area contributed by atoms with Crippen LogP contribution in [-0.2, 0) is 16.0 Å². The van der Waals surface area contributed by atoms with Gasteiger partial charge < -0.3 is 10.1 Å². The highest BCUT2D eigenvalue weighted by Crippen LogP contribution is 1.97. The zero-order valence-electron chi connectivity index (χ0n) is 10.2. The summed E-state index contributed by atoms with van der Waals surface area (Å²) in [6, 6.07) is 5.64. The summed E-state index contributed by atoms with van der Waals surface area (Å²) >= 11 is 0. The summed E-state index contributed by atoms with van der Waals surface area (Å²) in [5.41, 5.74) is 1.12. The maximum Gasteiger partial charge on any atom is 0.350 e.